The number of para-hydroxylation sites is 1. The lowest BCUT2D eigenvalue weighted by Gasteiger charge is -2.28. The topological polar surface area (TPSA) is 49.9 Å². The van der Waals surface area contributed by atoms with E-state index in [2.05, 4.69) is 19.1 Å². The molecule has 0 aliphatic heterocycles. The Bertz CT molecular complexity index is 868. The quantitative estimate of drug-likeness (QED) is 0.627. The summed E-state index contributed by atoms with van der Waals surface area (Å²) in [5, 5.41) is 0. The third-order valence-corrected chi connectivity index (χ3v) is 6.13. The first-order valence-electron chi connectivity index (χ1n) is 11.2. The highest BCUT2D eigenvalue weighted by Gasteiger charge is 2.23. The summed E-state index contributed by atoms with van der Waals surface area (Å²) in [5.74, 6) is 0.426. The number of amides is 2. The minimum atomic E-state index is -0.134. The molecule has 0 N–H and O–H groups in total. The fourth-order valence-corrected chi connectivity index (χ4v) is 4.15. The van der Waals surface area contributed by atoms with E-state index in [1.54, 1.807) is 30.0 Å². The molecule has 2 aromatic carbocycles. The van der Waals surface area contributed by atoms with Crippen LogP contribution in [0.1, 0.15) is 48.5 Å². The minimum absolute atomic E-state index is 0.0419. The van der Waals surface area contributed by atoms with Crippen molar-refractivity contribution in [2.45, 2.75) is 45.1 Å². The van der Waals surface area contributed by atoms with Gasteiger partial charge in [0.25, 0.3) is 11.8 Å². The van der Waals surface area contributed by atoms with Gasteiger partial charge in [0.1, 0.15) is 6.61 Å². The number of nitrogens with zero attached hydrogens (tertiary/aromatic N) is 2. The van der Waals surface area contributed by atoms with Gasteiger partial charge in [-0.2, -0.15) is 0 Å². The van der Waals surface area contributed by atoms with Crippen molar-refractivity contribution in [3.05, 3.63) is 65.7 Å². The Morgan fingerprint density at radius 1 is 1.00 bits per heavy atom. The zero-order valence-corrected chi connectivity index (χ0v) is 18.9. The van der Waals surface area contributed by atoms with Gasteiger partial charge in [-0.05, 0) is 42.9 Å². The van der Waals surface area contributed by atoms with Gasteiger partial charge in [0.05, 0.1) is 17.4 Å². The summed E-state index contributed by atoms with van der Waals surface area (Å²) in [6.45, 7) is 2.89. The van der Waals surface area contributed by atoms with Crippen molar-refractivity contribution in [3.8, 4) is 0 Å². The average Bonchev–Trinajstić information content (AvgIpc) is 2.80. The SMILES string of the molecule is CC1CCCC(OCC(=O)N(C)c2ccccc2C(=O)N(C)CCc2ccccc2)C1. The molecule has 2 aromatic rings. The molecule has 166 valence electrons. The van der Waals surface area contributed by atoms with Gasteiger partial charge in [-0.1, -0.05) is 62.2 Å². The van der Waals surface area contributed by atoms with Crippen LogP contribution in [-0.4, -0.2) is 50.1 Å². The fourth-order valence-electron chi connectivity index (χ4n) is 4.15. The number of rotatable bonds is 8. The molecular formula is C26H34N2O3. The van der Waals surface area contributed by atoms with Crippen LogP contribution in [0.4, 0.5) is 5.69 Å². The van der Waals surface area contributed by atoms with Crippen LogP contribution in [0.3, 0.4) is 0 Å². The number of hydrogen-bond donors (Lipinski definition) is 0. The predicted molar refractivity (Wildman–Crippen MR) is 124 cm³/mol. The smallest absolute Gasteiger partial charge is 0.255 e. The molecule has 31 heavy (non-hydrogen) atoms. The molecule has 0 aromatic heterocycles. The molecule has 5 heteroatoms. The van der Waals surface area contributed by atoms with E-state index in [-0.39, 0.29) is 24.5 Å². The van der Waals surface area contributed by atoms with Gasteiger partial charge in [0, 0.05) is 20.6 Å². The van der Waals surface area contributed by atoms with Gasteiger partial charge in [-0.15, -0.1) is 0 Å². The van der Waals surface area contributed by atoms with Crippen molar-refractivity contribution >= 4 is 17.5 Å². The van der Waals surface area contributed by atoms with Crippen LogP contribution in [-0.2, 0) is 16.0 Å². The van der Waals surface area contributed by atoms with Gasteiger partial charge in [0.15, 0.2) is 0 Å². The number of hydrogen-bond acceptors (Lipinski definition) is 3. The number of carbonyl (C=O) groups is 2. The van der Waals surface area contributed by atoms with E-state index in [4.69, 9.17) is 4.74 Å². The number of benzene rings is 2. The molecule has 2 amide bonds. The van der Waals surface area contributed by atoms with Crippen molar-refractivity contribution in [3.63, 3.8) is 0 Å². The molecule has 0 saturated heterocycles. The molecule has 1 fully saturated rings. The molecule has 2 atom stereocenters. The standard InChI is InChI=1S/C26H34N2O3/c1-20-10-9-13-22(18-20)31-19-25(29)28(3)24-15-8-7-14-23(24)26(30)27(2)17-16-21-11-5-4-6-12-21/h4-8,11-12,14-15,20,22H,9-10,13,16-19H2,1-3H3. The van der Waals surface area contributed by atoms with Gasteiger partial charge >= 0.3 is 0 Å². The number of carbonyl (C=O) groups excluding carboxylic acids is 2. The second-order valence-electron chi connectivity index (χ2n) is 8.64. The first-order valence-corrected chi connectivity index (χ1v) is 11.2. The predicted octanol–water partition coefficient (Wildman–Crippen LogP) is 4.56. The Kier molecular flexibility index (Phi) is 8.24. The maximum absolute atomic E-state index is 13.1. The zero-order valence-electron chi connectivity index (χ0n) is 18.9. The van der Waals surface area contributed by atoms with Crippen molar-refractivity contribution in [2.24, 2.45) is 5.92 Å². The minimum Gasteiger partial charge on any atom is -0.368 e. The lowest BCUT2D eigenvalue weighted by atomic mass is 9.89. The zero-order chi connectivity index (χ0) is 22.2. The van der Waals surface area contributed by atoms with E-state index in [1.165, 1.54) is 12.0 Å². The van der Waals surface area contributed by atoms with Crippen LogP contribution < -0.4 is 4.90 Å². The molecule has 0 heterocycles. The highest BCUT2D eigenvalue weighted by molar-refractivity contribution is 6.04. The molecule has 1 saturated carbocycles. The van der Waals surface area contributed by atoms with Crippen LogP contribution in [0.2, 0.25) is 0 Å². The molecule has 1 aliphatic carbocycles. The van der Waals surface area contributed by atoms with Gasteiger partial charge in [0.2, 0.25) is 0 Å². The molecule has 0 radical (unpaired) electrons. The van der Waals surface area contributed by atoms with Gasteiger partial charge in [-0.3, -0.25) is 9.59 Å². The first kappa shape index (κ1) is 23.0. The summed E-state index contributed by atoms with van der Waals surface area (Å²) in [6, 6.07) is 17.4. The summed E-state index contributed by atoms with van der Waals surface area (Å²) in [6.07, 6.45) is 5.36. The summed E-state index contributed by atoms with van der Waals surface area (Å²) in [5.41, 5.74) is 2.33. The second-order valence-corrected chi connectivity index (χ2v) is 8.64. The summed E-state index contributed by atoms with van der Waals surface area (Å²) in [7, 11) is 3.52. The van der Waals surface area contributed by atoms with E-state index >= 15 is 0 Å². The van der Waals surface area contributed by atoms with E-state index < -0.39 is 0 Å². The van der Waals surface area contributed by atoms with Crippen LogP contribution >= 0.6 is 0 Å². The fraction of sp³-hybridized carbons (Fsp3) is 0.462. The van der Waals surface area contributed by atoms with E-state index in [0.29, 0.717) is 23.7 Å². The molecule has 0 bridgehead atoms. The van der Waals surface area contributed by atoms with Crippen molar-refractivity contribution < 1.29 is 14.3 Å². The Labute approximate surface area is 186 Å². The Morgan fingerprint density at radius 2 is 1.71 bits per heavy atom. The molecular weight excluding hydrogens is 388 g/mol. The normalized spacial score (nSPS) is 18.4. The van der Waals surface area contributed by atoms with E-state index in [9.17, 15) is 9.59 Å². The molecule has 5 nitrogen and oxygen atoms in total. The van der Waals surface area contributed by atoms with Crippen LogP contribution in [0.25, 0.3) is 0 Å². The maximum atomic E-state index is 13.1. The Morgan fingerprint density at radius 3 is 2.45 bits per heavy atom. The van der Waals surface area contributed by atoms with Crippen molar-refractivity contribution in [1.29, 1.82) is 0 Å². The van der Waals surface area contributed by atoms with Crippen LogP contribution in [0.5, 0.6) is 0 Å². The maximum Gasteiger partial charge on any atom is 0.255 e. The average molecular weight is 423 g/mol. The van der Waals surface area contributed by atoms with Crippen molar-refractivity contribution in [2.75, 3.05) is 32.1 Å². The Balaban J connectivity index is 1.61. The molecule has 0 spiro atoms. The van der Waals surface area contributed by atoms with Crippen molar-refractivity contribution in [1.82, 2.24) is 4.90 Å². The lowest BCUT2D eigenvalue weighted by molar-refractivity contribution is -0.125. The van der Waals surface area contributed by atoms with E-state index in [0.717, 1.165) is 25.7 Å². The van der Waals surface area contributed by atoms with Crippen LogP contribution in [0.15, 0.2) is 54.6 Å². The van der Waals surface area contributed by atoms with Gasteiger partial charge < -0.3 is 14.5 Å². The monoisotopic (exact) mass is 422 g/mol. The third kappa shape index (κ3) is 6.41. The number of likely N-dealkylation sites (N-methyl/N-ethyl adjacent to an activating group) is 2. The first-order chi connectivity index (χ1) is 15.0. The van der Waals surface area contributed by atoms with Crippen LogP contribution in [0, 0.1) is 5.92 Å². The summed E-state index contributed by atoms with van der Waals surface area (Å²) < 4.78 is 5.91. The second kappa shape index (κ2) is 11.1. The molecule has 1 aliphatic rings. The van der Waals surface area contributed by atoms with E-state index in [1.807, 2.05) is 36.4 Å². The molecule has 3 rings (SSSR count). The highest BCUT2D eigenvalue weighted by Crippen LogP contribution is 2.26. The summed E-state index contributed by atoms with van der Waals surface area (Å²) >= 11 is 0. The third-order valence-electron chi connectivity index (χ3n) is 6.13. The lowest BCUT2D eigenvalue weighted by Crippen LogP contribution is -2.35. The summed E-state index contributed by atoms with van der Waals surface area (Å²) in [4.78, 5) is 29.2. The Hall–Kier alpha value is -2.66. The highest BCUT2D eigenvalue weighted by atomic mass is 16.5. The largest absolute Gasteiger partial charge is 0.368 e. The number of anilines is 1. The number of ether oxygens (including phenoxy) is 1. The molecule has 2 unspecified atom stereocenters. The van der Waals surface area contributed by atoms with Gasteiger partial charge in [-0.25, -0.2) is 0 Å².